The number of hydrogen-bond acceptors (Lipinski definition) is 4. The van der Waals surface area contributed by atoms with Crippen molar-refractivity contribution in [3.63, 3.8) is 0 Å². The molecule has 1 N–H and O–H groups in total. The number of nitrogens with one attached hydrogen (secondary N) is 1. The summed E-state index contributed by atoms with van der Waals surface area (Å²) < 4.78 is 4.15. The van der Waals surface area contributed by atoms with E-state index in [9.17, 15) is 0 Å². The van der Waals surface area contributed by atoms with Crippen LogP contribution >= 0.6 is 0 Å². The number of aromatic nitrogens is 5. The highest BCUT2D eigenvalue weighted by molar-refractivity contribution is 5.42. The second kappa shape index (κ2) is 5.42. The van der Waals surface area contributed by atoms with Gasteiger partial charge in [0.05, 0.1) is 17.9 Å². The van der Waals surface area contributed by atoms with E-state index in [1.165, 1.54) is 5.69 Å². The van der Waals surface area contributed by atoms with E-state index in [1.807, 2.05) is 35.9 Å². The lowest BCUT2D eigenvalue weighted by atomic mass is 10.3. The summed E-state index contributed by atoms with van der Waals surface area (Å²) >= 11 is 0. The van der Waals surface area contributed by atoms with Crippen molar-refractivity contribution in [3.05, 3.63) is 47.9 Å². The summed E-state index contributed by atoms with van der Waals surface area (Å²) in [6.07, 6.45) is 3.80. The van der Waals surface area contributed by atoms with Crippen LogP contribution in [-0.2, 0) is 19.6 Å². The normalized spacial score (nSPS) is 11.3. The lowest BCUT2D eigenvalue weighted by Gasteiger charge is -2.06. The minimum absolute atomic E-state index is 0.702. The van der Waals surface area contributed by atoms with Crippen molar-refractivity contribution >= 4 is 5.65 Å². The SMILES string of the molecule is CCn1cnnc1CNCc1c(C)nc2ccccn12. The van der Waals surface area contributed by atoms with Gasteiger partial charge >= 0.3 is 0 Å². The van der Waals surface area contributed by atoms with Gasteiger partial charge in [-0.2, -0.15) is 0 Å². The van der Waals surface area contributed by atoms with Gasteiger partial charge in [0.25, 0.3) is 0 Å². The molecule has 0 aliphatic carbocycles. The standard InChI is InChI=1S/C14H18N6/c1-3-19-10-16-18-14(19)9-15-8-12-11(2)17-13-6-4-5-7-20(12)13/h4-7,10,15H,3,8-9H2,1-2H3. The van der Waals surface area contributed by atoms with Crippen LogP contribution < -0.4 is 5.32 Å². The van der Waals surface area contributed by atoms with Crippen LogP contribution in [0.5, 0.6) is 0 Å². The summed E-state index contributed by atoms with van der Waals surface area (Å²) in [5.41, 5.74) is 3.22. The lowest BCUT2D eigenvalue weighted by molar-refractivity contribution is 0.603. The Labute approximate surface area is 117 Å². The molecule has 3 heterocycles. The van der Waals surface area contributed by atoms with Crippen LogP contribution in [0.2, 0.25) is 0 Å². The largest absolute Gasteiger partial charge is 0.317 e. The van der Waals surface area contributed by atoms with Gasteiger partial charge < -0.3 is 14.3 Å². The summed E-state index contributed by atoms with van der Waals surface area (Å²) in [7, 11) is 0. The molecule has 0 unspecified atom stereocenters. The van der Waals surface area contributed by atoms with Crippen molar-refractivity contribution in [1.82, 2.24) is 29.5 Å². The predicted molar refractivity (Wildman–Crippen MR) is 76.2 cm³/mol. The molecule has 20 heavy (non-hydrogen) atoms. The van der Waals surface area contributed by atoms with Crippen molar-refractivity contribution in [2.75, 3.05) is 0 Å². The molecule has 6 nitrogen and oxygen atoms in total. The summed E-state index contributed by atoms with van der Waals surface area (Å²) in [5, 5.41) is 11.5. The highest BCUT2D eigenvalue weighted by atomic mass is 15.3. The Morgan fingerprint density at radius 2 is 2.15 bits per heavy atom. The third kappa shape index (κ3) is 2.30. The van der Waals surface area contributed by atoms with E-state index in [2.05, 4.69) is 31.8 Å². The Morgan fingerprint density at radius 3 is 3.00 bits per heavy atom. The molecule has 0 amide bonds. The number of hydrogen-bond donors (Lipinski definition) is 1. The van der Waals surface area contributed by atoms with Crippen molar-refractivity contribution in [2.45, 2.75) is 33.5 Å². The average Bonchev–Trinajstić information content (AvgIpc) is 3.03. The molecule has 0 saturated heterocycles. The summed E-state index contributed by atoms with van der Waals surface area (Å²) in [4.78, 5) is 4.55. The third-order valence-electron chi connectivity index (χ3n) is 3.44. The summed E-state index contributed by atoms with van der Waals surface area (Å²) in [6.45, 7) is 6.47. The van der Waals surface area contributed by atoms with Crippen molar-refractivity contribution < 1.29 is 0 Å². The van der Waals surface area contributed by atoms with Gasteiger partial charge in [0.1, 0.15) is 17.8 Å². The summed E-state index contributed by atoms with van der Waals surface area (Å²) in [6, 6.07) is 6.04. The van der Waals surface area contributed by atoms with Crippen LogP contribution in [0.25, 0.3) is 5.65 Å². The number of aryl methyl sites for hydroxylation is 2. The topological polar surface area (TPSA) is 60.0 Å². The first-order valence-electron chi connectivity index (χ1n) is 6.79. The van der Waals surface area contributed by atoms with Gasteiger partial charge in [0, 0.05) is 19.3 Å². The van der Waals surface area contributed by atoms with E-state index < -0.39 is 0 Å². The van der Waals surface area contributed by atoms with Crippen LogP contribution in [0.15, 0.2) is 30.7 Å². The number of imidazole rings is 1. The van der Waals surface area contributed by atoms with Gasteiger partial charge in [-0.15, -0.1) is 10.2 Å². The predicted octanol–water partition coefficient (Wildman–Crippen LogP) is 1.54. The maximum Gasteiger partial charge on any atom is 0.146 e. The van der Waals surface area contributed by atoms with E-state index in [0.717, 1.165) is 30.3 Å². The minimum Gasteiger partial charge on any atom is -0.317 e. The maximum atomic E-state index is 4.55. The van der Waals surface area contributed by atoms with E-state index >= 15 is 0 Å². The van der Waals surface area contributed by atoms with Crippen LogP contribution in [0.1, 0.15) is 24.1 Å². The van der Waals surface area contributed by atoms with Crippen molar-refractivity contribution in [2.24, 2.45) is 0 Å². The fourth-order valence-electron chi connectivity index (χ4n) is 2.35. The Balaban J connectivity index is 1.73. The molecule has 104 valence electrons. The molecule has 0 bridgehead atoms. The first-order chi connectivity index (χ1) is 9.79. The average molecular weight is 270 g/mol. The Kier molecular flexibility index (Phi) is 3.47. The quantitative estimate of drug-likeness (QED) is 0.764. The fourth-order valence-corrected chi connectivity index (χ4v) is 2.35. The molecule has 0 saturated carbocycles. The number of nitrogens with zero attached hydrogens (tertiary/aromatic N) is 5. The Bertz CT molecular complexity index is 711. The molecule has 0 atom stereocenters. The zero-order chi connectivity index (χ0) is 13.9. The molecule has 0 aromatic carbocycles. The number of pyridine rings is 1. The molecule has 0 aliphatic rings. The molecular weight excluding hydrogens is 252 g/mol. The van der Waals surface area contributed by atoms with Gasteiger partial charge in [0.2, 0.25) is 0 Å². The van der Waals surface area contributed by atoms with E-state index in [0.29, 0.717) is 6.54 Å². The van der Waals surface area contributed by atoms with Crippen LogP contribution in [0.3, 0.4) is 0 Å². The van der Waals surface area contributed by atoms with Crippen LogP contribution in [0.4, 0.5) is 0 Å². The maximum absolute atomic E-state index is 4.55. The highest BCUT2D eigenvalue weighted by Crippen LogP contribution is 2.11. The van der Waals surface area contributed by atoms with E-state index in [1.54, 1.807) is 6.33 Å². The smallest absolute Gasteiger partial charge is 0.146 e. The minimum atomic E-state index is 0.702. The number of fused-ring (bicyclic) bond motifs is 1. The molecule has 3 rings (SSSR count). The molecule has 3 aromatic rings. The lowest BCUT2D eigenvalue weighted by Crippen LogP contribution is -2.18. The van der Waals surface area contributed by atoms with Gasteiger partial charge in [-0.05, 0) is 26.0 Å². The van der Waals surface area contributed by atoms with Gasteiger partial charge in [0.15, 0.2) is 0 Å². The van der Waals surface area contributed by atoms with Crippen LogP contribution in [-0.4, -0.2) is 24.1 Å². The molecule has 0 spiro atoms. The first kappa shape index (κ1) is 12.8. The fraction of sp³-hybridized carbons (Fsp3) is 0.357. The van der Waals surface area contributed by atoms with E-state index in [-0.39, 0.29) is 0 Å². The van der Waals surface area contributed by atoms with Crippen LogP contribution in [0, 0.1) is 6.92 Å². The zero-order valence-corrected chi connectivity index (χ0v) is 11.7. The molecule has 0 fully saturated rings. The highest BCUT2D eigenvalue weighted by Gasteiger charge is 2.08. The van der Waals surface area contributed by atoms with Crippen molar-refractivity contribution in [1.29, 1.82) is 0 Å². The third-order valence-corrected chi connectivity index (χ3v) is 3.44. The van der Waals surface area contributed by atoms with Gasteiger partial charge in [-0.1, -0.05) is 6.07 Å². The zero-order valence-electron chi connectivity index (χ0n) is 11.7. The second-order valence-electron chi connectivity index (χ2n) is 4.71. The Morgan fingerprint density at radius 1 is 1.25 bits per heavy atom. The Hall–Kier alpha value is -2.21. The molecule has 3 aromatic heterocycles. The molecular formula is C14H18N6. The first-order valence-corrected chi connectivity index (χ1v) is 6.79. The van der Waals surface area contributed by atoms with E-state index in [4.69, 9.17) is 0 Å². The van der Waals surface area contributed by atoms with Gasteiger partial charge in [-0.25, -0.2) is 4.98 Å². The second-order valence-corrected chi connectivity index (χ2v) is 4.71. The number of rotatable bonds is 5. The molecule has 6 heteroatoms. The molecule has 0 aliphatic heterocycles. The summed E-state index contributed by atoms with van der Waals surface area (Å²) in [5.74, 6) is 0.957. The monoisotopic (exact) mass is 270 g/mol. The molecule has 0 radical (unpaired) electrons. The van der Waals surface area contributed by atoms with Gasteiger partial charge in [-0.3, -0.25) is 0 Å². The van der Waals surface area contributed by atoms with Crippen molar-refractivity contribution in [3.8, 4) is 0 Å².